The van der Waals surface area contributed by atoms with Crippen LogP contribution in [0.15, 0.2) is 104 Å². The second kappa shape index (κ2) is 7.96. The largest absolute Gasteiger partial charge is 0.316 e. The molecule has 7 rings (SSSR count). The number of nitrogens with zero attached hydrogens (tertiary/aromatic N) is 3. The van der Waals surface area contributed by atoms with Crippen molar-refractivity contribution in [3.8, 4) is 5.82 Å². The van der Waals surface area contributed by atoms with E-state index in [2.05, 4.69) is 120 Å². The molecule has 36 heavy (non-hydrogen) atoms. The van der Waals surface area contributed by atoms with E-state index in [9.17, 15) is 0 Å². The van der Waals surface area contributed by atoms with Crippen LogP contribution in [0.25, 0.3) is 62.3 Å². The molecule has 1 atom stereocenters. The fraction of sp³-hybridized carbons (Fsp3) is 0.0606. The molecule has 3 nitrogen and oxygen atoms in total. The number of aromatic nitrogens is 3. The van der Waals surface area contributed by atoms with Gasteiger partial charge in [0.25, 0.3) is 0 Å². The van der Waals surface area contributed by atoms with E-state index in [0.29, 0.717) is 0 Å². The van der Waals surface area contributed by atoms with Crippen LogP contribution in [0.3, 0.4) is 0 Å². The van der Waals surface area contributed by atoms with E-state index in [1.807, 2.05) is 18.3 Å². The lowest BCUT2D eigenvalue weighted by Crippen LogP contribution is -2.28. The Balaban J connectivity index is 1.68. The minimum absolute atomic E-state index is 0.245. The summed E-state index contributed by atoms with van der Waals surface area (Å²) in [6.45, 7) is 5.93. The van der Waals surface area contributed by atoms with Crippen LogP contribution in [0.1, 0.15) is 12.5 Å². The molecule has 0 saturated carbocycles. The van der Waals surface area contributed by atoms with Crippen molar-refractivity contribution in [3.05, 3.63) is 120 Å². The number of pyridine rings is 1. The molecule has 0 saturated heterocycles. The lowest BCUT2D eigenvalue weighted by atomic mass is 10.0. The van der Waals surface area contributed by atoms with E-state index >= 15 is 0 Å². The molecule has 3 aromatic heterocycles. The molecule has 0 spiro atoms. The minimum atomic E-state index is 0.245. The van der Waals surface area contributed by atoms with Crippen LogP contribution in [0, 0.1) is 5.92 Å². The highest BCUT2D eigenvalue weighted by atomic mass is 15.1. The molecule has 1 unspecified atom stereocenters. The minimum Gasteiger partial charge on any atom is -0.316 e. The predicted octanol–water partition coefficient (Wildman–Crippen LogP) is 6.51. The maximum absolute atomic E-state index is 4.92. The van der Waals surface area contributed by atoms with Crippen LogP contribution >= 0.6 is 0 Å². The SMILES string of the molecule is C=C/C=C\C(=C/C)n1ccc2cc3c4c(c21)C=CC1C=CC=c(c4=C1)n3-c1nccc2ccccc12. The Bertz CT molecular complexity index is 1960. The Morgan fingerprint density at radius 3 is 2.89 bits per heavy atom. The first-order valence-corrected chi connectivity index (χ1v) is 12.4. The van der Waals surface area contributed by atoms with Crippen molar-refractivity contribution in [2.24, 2.45) is 5.92 Å². The van der Waals surface area contributed by atoms with E-state index < -0.39 is 0 Å². The number of fused-ring (bicyclic) bond motifs is 4. The molecule has 3 heteroatoms. The van der Waals surface area contributed by atoms with Crippen molar-refractivity contribution in [2.75, 3.05) is 0 Å². The molecule has 3 heterocycles. The highest BCUT2D eigenvalue weighted by Gasteiger charge is 2.21. The van der Waals surface area contributed by atoms with Gasteiger partial charge in [0.15, 0.2) is 0 Å². The first-order chi connectivity index (χ1) is 17.8. The third-order valence-corrected chi connectivity index (χ3v) is 7.29. The van der Waals surface area contributed by atoms with Gasteiger partial charge in [0.1, 0.15) is 5.82 Å². The molecule has 0 aliphatic heterocycles. The van der Waals surface area contributed by atoms with Gasteiger partial charge in [-0.1, -0.05) is 79.5 Å². The van der Waals surface area contributed by atoms with Crippen molar-refractivity contribution in [1.29, 1.82) is 0 Å². The first kappa shape index (κ1) is 20.7. The standard InChI is InChI=1S/C33H25N3/c1-3-5-11-25(4-2)35-19-17-24-21-30-31-27(32(24)35)15-14-22-9-8-13-29(28(31)20-22)36(30)33-26-12-7-6-10-23(26)16-18-34-33/h3-22H,1H2,2H3/b11-5-,25-4+. The maximum atomic E-state index is 4.92. The highest BCUT2D eigenvalue weighted by molar-refractivity contribution is 6.08. The second-order valence-electron chi connectivity index (χ2n) is 9.26. The topological polar surface area (TPSA) is 22.8 Å². The molecule has 5 aromatic rings. The Hall–Kier alpha value is -4.63. The number of allylic oxidation sites excluding steroid dienone is 8. The second-order valence-corrected chi connectivity index (χ2v) is 9.26. The van der Waals surface area contributed by atoms with Crippen molar-refractivity contribution < 1.29 is 0 Å². The van der Waals surface area contributed by atoms with Gasteiger partial charge >= 0.3 is 0 Å². The number of hydrogen-bond acceptors (Lipinski definition) is 1. The van der Waals surface area contributed by atoms with Gasteiger partial charge < -0.3 is 4.57 Å². The molecule has 2 aromatic carbocycles. The van der Waals surface area contributed by atoms with Crippen molar-refractivity contribution in [1.82, 2.24) is 14.1 Å². The van der Waals surface area contributed by atoms with E-state index in [4.69, 9.17) is 4.98 Å². The molecular formula is C33H25N3. The van der Waals surface area contributed by atoms with Crippen LogP contribution in [0.2, 0.25) is 0 Å². The van der Waals surface area contributed by atoms with Crippen LogP contribution in [0.4, 0.5) is 0 Å². The summed E-state index contributed by atoms with van der Waals surface area (Å²) in [5.41, 5.74) is 4.77. The van der Waals surface area contributed by atoms with Crippen LogP contribution in [-0.2, 0) is 0 Å². The zero-order valence-electron chi connectivity index (χ0n) is 20.1. The van der Waals surface area contributed by atoms with Gasteiger partial charge in [0, 0.05) is 50.9 Å². The Labute approximate surface area is 209 Å². The van der Waals surface area contributed by atoms with Crippen LogP contribution < -0.4 is 10.6 Å². The fourth-order valence-corrected chi connectivity index (χ4v) is 5.72. The molecular weight excluding hydrogens is 438 g/mol. The van der Waals surface area contributed by atoms with Crippen LogP contribution in [-0.4, -0.2) is 14.1 Å². The van der Waals surface area contributed by atoms with E-state index in [1.54, 1.807) is 0 Å². The predicted molar refractivity (Wildman–Crippen MR) is 153 cm³/mol. The van der Waals surface area contributed by atoms with Crippen molar-refractivity contribution >= 4 is 56.5 Å². The summed E-state index contributed by atoms with van der Waals surface area (Å²) in [5.74, 6) is 1.21. The Morgan fingerprint density at radius 1 is 1.08 bits per heavy atom. The zero-order valence-corrected chi connectivity index (χ0v) is 20.1. The summed E-state index contributed by atoms with van der Waals surface area (Å²) in [7, 11) is 0. The summed E-state index contributed by atoms with van der Waals surface area (Å²) in [5, 5.41) is 7.26. The Kier molecular flexibility index (Phi) is 4.58. The summed E-state index contributed by atoms with van der Waals surface area (Å²) >= 11 is 0. The zero-order chi connectivity index (χ0) is 24.2. The number of hydrogen-bond donors (Lipinski definition) is 0. The highest BCUT2D eigenvalue weighted by Crippen LogP contribution is 2.34. The van der Waals surface area contributed by atoms with E-state index in [1.165, 1.54) is 43.3 Å². The first-order valence-electron chi connectivity index (χ1n) is 12.4. The normalized spacial score (nSPS) is 16.6. The molecule has 0 amide bonds. The molecule has 2 bridgehead atoms. The van der Waals surface area contributed by atoms with E-state index in [0.717, 1.165) is 16.9 Å². The number of benzene rings is 2. The Morgan fingerprint density at radius 2 is 2.00 bits per heavy atom. The van der Waals surface area contributed by atoms with Gasteiger partial charge in [-0.3, -0.25) is 4.57 Å². The molecule has 2 aliphatic carbocycles. The number of rotatable bonds is 4. The third-order valence-electron chi connectivity index (χ3n) is 7.29. The van der Waals surface area contributed by atoms with Gasteiger partial charge in [0.2, 0.25) is 0 Å². The van der Waals surface area contributed by atoms with Crippen molar-refractivity contribution in [3.63, 3.8) is 0 Å². The summed E-state index contributed by atoms with van der Waals surface area (Å²) in [6, 6.07) is 15.1. The lowest BCUT2D eigenvalue weighted by Gasteiger charge is -2.12. The summed E-state index contributed by atoms with van der Waals surface area (Å²) in [4.78, 5) is 4.92. The maximum Gasteiger partial charge on any atom is 0.145 e. The van der Waals surface area contributed by atoms with E-state index in [-0.39, 0.29) is 5.92 Å². The molecule has 0 N–H and O–H groups in total. The average molecular weight is 464 g/mol. The smallest absolute Gasteiger partial charge is 0.145 e. The van der Waals surface area contributed by atoms with Gasteiger partial charge in [-0.05, 0) is 42.7 Å². The summed E-state index contributed by atoms with van der Waals surface area (Å²) in [6.07, 6.45) is 25.8. The lowest BCUT2D eigenvalue weighted by molar-refractivity contribution is 1.02. The van der Waals surface area contributed by atoms with Crippen molar-refractivity contribution in [2.45, 2.75) is 6.92 Å². The fourth-order valence-electron chi connectivity index (χ4n) is 5.72. The van der Waals surface area contributed by atoms with Crippen LogP contribution in [0.5, 0.6) is 0 Å². The van der Waals surface area contributed by atoms with Gasteiger partial charge in [-0.2, -0.15) is 0 Å². The molecule has 2 aliphatic rings. The van der Waals surface area contributed by atoms with Gasteiger partial charge in [0.05, 0.1) is 16.4 Å². The molecule has 0 radical (unpaired) electrons. The monoisotopic (exact) mass is 463 g/mol. The van der Waals surface area contributed by atoms with Gasteiger partial charge in [-0.25, -0.2) is 4.98 Å². The quantitative estimate of drug-likeness (QED) is 0.279. The van der Waals surface area contributed by atoms with Gasteiger partial charge in [-0.15, -0.1) is 0 Å². The summed E-state index contributed by atoms with van der Waals surface area (Å²) < 4.78 is 4.64. The molecule has 172 valence electrons. The third kappa shape index (κ3) is 2.89. The molecule has 0 fully saturated rings. The average Bonchev–Trinajstić information content (AvgIpc) is 3.29.